The molecule has 2 rings (SSSR count). The van der Waals surface area contributed by atoms with Crippen LogP contribution in [0.15, 0.2) is 48.5 Å². The molecule has 0 bridgehead atoms. The van der Waals surface area contributed by atoms with E-state index in [0.717, 1.165) is 73.8 Å². The molecule has 4 heteroatoms. The third-order valence-electron chi connectivity index (χ3n) is 6.86. The smallest absolute Gasteiger partial charge is 0.219 e. The molecule has 36 heavy (non-hydrogen) atoms. The highest BCUT2D eigenvalue weighted by Gasteiger charge is 2.15. The van der Waals surface area contributed by atoms with E-state index in [0.29, 0.717) is 12.2 Å². The van der Waals surface area contributed by atoms with Crippen molar-refractivity contribution in [3.8, 4) is 11.5 Å². The van der Waals surface area contributed by atoms with E-state index < -0.39 is 0 Å². The van der Waals surface area contributed by atoms with Crippen LogP contribution in [0.25, 0.3) is 11.1 Å². The van der Waals surface area contributed by atoms with E-state index in [4.69, 9.17) is 0 Å². The van der Waals surface area contributed by atoms with Crippen molar-refractivity contribution in [2.75, 3.05) is 6.54 Å². The fourth-order valence-corrected chi connectivity index (χ4v) is 4.81. The number of aromatic hydroxyl groups is 2. The van der Waals surface area contributed by atoms with Gasteiger partial charge < -0.3 is 15.5 Å². The number of hydrogen-bond acceptors (Lipinski definition) is 3. The Morgan fingerprint density at radius 2 is 1.14 bits per heavy atom. The molecule has 0 saturated carbocycles. The number of amides is 1. The number of phenolic OH excluding ortho intramolecular Hbond substituents is 2. The minimum absolute atomic E-state index is 0.203. The van der Waals surface area contributed by atoms with Gasteiger partial charge in [0.05, 0.1) is 0 Å². The van der Waals surface area contributed by atoms with Crippen LogP contribution in [-0.4, -0.2) is 22.7 Å². The normalized spacial score (nSPS) is 11.8. The molecule has 0 spiro atoms. The maximum Gasteiger partial charge on any atom is 0.219 e. The van der Waals surface area contributed by atoms with Crippen molar-refractivity contribution in [1.29, 1.82) is 0 Å². The van der Waals surface area contributed by atoms with Crippen LogP contribution in [0.2, 0.25) is 0 Å². The average Bonchev–Trinajstić information content (AvgIpc) is 2.88. The highest BCUT2D eigenvalue weighted by atomic mass is 16.3. The Balaban J connectivity index is 1.76. The summed E-state index contributed by atoms with van der Waals surface area (Å²) in [5, 5.41) is 24.1. The fraction of sp³-hybridized carbons (Fsp3) is 0.531. The second-order valence-corrected chi connectivity index (χ2v) is 9.73. The first kappa shape index (κ1) is 29.5. The lowest BCUT2D eigenvalue weighted by Gasteiger charge is -2.17. The number of phenols is 2. The fourth-order valence-electron chi connectivity index (χ4n) is 4.81. The molecule has 0 fully saturated rings. The summed E-state index contributed by atoms with van der Waals surface area (Å²) < 4.78 is 0. The lowest BCUT2D eigenvalue weighted by molar-refractivity contribution is -0.121. The molecule has 0 aliphatic rings. The maximum absolute atomic E-state index is 11.8. The van der Waals surface area contributed by atoms with Crippen LogP contribution in [-0.2, 0) is 4.79 Å². The van der Waals surface area contributed by atoms with Crippen LogP contribution in [0.3, 0.4) is 0 Å². The Bertz CT molecular complexity index is 935. The van der Waals surface area contributed by atoms with Gasteiger partial charge in [-0.1, -0.05) is 102 Å². The molecule has 0 aromatic heterocycles. The molecule has 0 atom stereocenters. The standard InChI is InChI=1S/C32H47NO3/c1-3-5-18-25-33-32(36)24-13-11-9-7-6-8-10-12-19-27(29-21-15-17-23-31(29)35)26(4-2)28-20-14-16-22-30(28)34/h14-17,20-23,34-35H,3-13,18-19,24-25H2,1-2H3,(H,33,36)/b27-26+. The summed E-state index contributed by atoms with van der Waals surface area (Å²) in [7, 11) is 0. The second-order valence-electron chi connectivity index (χ2n) is 9.73. The van der Waals surface area contributed by atoms with Gasteiger partial charge in [-0.3, -0.25) is 4.79 Å². The number of rotatable bonds is 18. The van der Waals surface area contributed by atoms with Crippen molar-refractivity contribution >= 4 is 17.1 Å². The van der Waals surface area contributed by atoms with E-state index in [2.05, 4.69) is 19.2 Å². The van der Waals surface area contributed by atoms with E-state index in [-0.39, 0.29) is 11.7 Å². The van der Waals surface area contributed by atoms with E-state index in [1.54, 1.807) is 12.1 Å². The van der Waals surface area contributed by atoms with E-state index in [1.807, 2.05) is 36.4 Å². The molecule has 0 aliphatic carbocycles. The highest BCUT2D eigenvalue weighted by molar-refractivity contribution is 5.93. The molecule has 0 unspecified atom stereocenters. The van der Waals surface area contributed by atoms with Crippen molar-refractivity contribution in [3.63, 3.8) is 0 Å². The summed E-state index contributed by atoms with van der Waals surface area (Å²) in [6.45, 7) is 5.10. The van der Waals surface area contributed by atoms with Gasteiger partial charge in [0.2, 0.25) is 5.91 Å². The van der Waals surface area contributed by atoms with Crippen LogP contribution < -0.4 is 5.32 Å². The second kappa shape index (κ2) is 17.6. The number of allylic oxidation sites excluding steroid dienone is 2. The van der Waals surface area contributed by atoms with Gasteiger partial charge in [0, 0.05) is 24.1 Å². The summed E-state index contributed by atoms with van der Waals surface area (Å²) in [6.07, 6.45) is 14.9. The zero-order chi connectivity index (χ0) is 26.0. The minimum Gasteiger partial charge on any atom is -0.507 e. The van der Waals surface area contributed by atoms with Gasteiger partial charge in [-0.25, -0.2) is 0 Å². The minimum atomic E-state index is 0.203. The quantitative estimate of drug-likeness (QED) is 0.144. The maximum atomic E-state index is 11.8. The molecular weight excluding hydrogens is 446 g/mol. The SMILES string of the molecule is CCCCCNC(=O)CCCCCCCCCC/C(=C(/CC)c1ccccc1O)c1ccccc1O. The molecule has 198 valence electrons. The largest absolute Gasteiger partial charge is 0.507 e. The van der Waals surface area contributed by atoms with Crippen LogP contribution in [0.4, 0.5) is 0 Å². The third kappa shape index (κ3) is 10.5. The molecule has 0 saturated heterocycles. The van der Waals surface area contributed by atoms with Gasteiger partial charge in [-0.05, 0) is 55.4 Å². The van der Waals surface area contributed by atoms with Crippen molar-refractivity contribution < 1.29 is 15.0 Å². The summed E-state index contributed by atoms with van der Waals surface area (Å²) in [5.41, 5.74) is 3.95. The monoisotopic (exact) mass is 493 g/mol. The predicted molar refractivity (Wildman–Crippen MR) is 152 cm³/mol. The molecule has 2 aromatic carbocycles. The number of hydrogen-bond donors (Lipinski definition) is 3. The number of carbonyl (C=O) groups is 1. The number of carbonyl (C=O) groups excluding carboxylic acids is 1. The van der Waals surface area contributed by atoms with E-state index in [9.17, 15) is 15.0 Å². The lowest BCUT2D eigenvalue weighted by atomic mass is 9.88. The predicted octanol–water partition coefficient (Wildman–Crippen LogP) is 8.63. The van der Waals surface area contributed by atoms with Gasteiger partial charge >= 0.3 is 0 Å². The molecule has 4 nitrogen and oxygen atoms in total. The van der Waals surface area contributed by atoms with Crippen molar-refractivity contribution in [2.45, 2.75) is 104 Å². The number of nitrogens with one attached hydrogen (secondary N) is 1. The van der Waals surface area contributed by atoms with Gasteiger partial charge in [-0.2, -0.15) is 0 Å². The zero-order valence-corrected chi connectivity index (χ0v) is 22.5. The lowest BCUT2D eigenvalue weighted by Crippen LogP contribution is -2.23. The van der Waals surface area contributed by atoms with Gasteiger partial charge in [-0.15, -0.1) is 0 Å². The number of para-hydroxylation sites is 2. The Labute approximate surface area is 218 Å². The number of unbranched alkanes of at least 4 members (excludes halogenated alkanes) is 9. The van der Waals surface area contributed by atoms with Crippen molar-refractivity contribution in [3.05, 3.63) is 59.7 Å². The van der Waals surface area contributed by atoms with Crippen LogP contribution >= 0.6 is 0 Å². The van der Waals surface area contributed by atoms with Gasteiger partial charge in [0.1, 0.15) is 11.5 Å². The third-order valence-corrected chi connectivity index (χ3v) is 6.86. The first-order valence-electron chi connectivity index (χ1n) is 14.1. The van der Waals surface area contributed by atoms with Crippen LogP contribution in [0.1, 0.15) is 115 Å². The number of benzene rings is 2. The van der Waals surface area contributed by atoms with Gasteiger partial charge in [0.25, 0.3) is 0 Å². The highest BCUT2D eigenvalue weighted by Crippen LogP contribution is 2.39. The Kier molecular flexibility index (Phi) is 14.4. The first-order valence-corrected chi connectivity index (χ1v) is 14.1. The summed E-state index contributed by atoms with van der Waals surface area (Å²) in [4.78, 5) is 11.8. The van der Waals surface area contributed by atoms with E-state index >= 15 is 0 Å². The summed E-state index contributed by atoms with van der Waals surface area (Å²) >= 11 is 0. The molecule has 1 amide bonds. The molecule has 0 radical (unpaired) electrons. The molecule has 0 aliphatic heterocycles. The van der Waals surface area contributed by atoms with Crippen LogP contribution in [0, 0.1) is 0 Å². The Morgan fingerprint density at radius 3 is 1.67 bits per heavy atom. The Hall–Kier alpha value is -2.75. The van der Waals surface area contributed by atoms with Gasteiger partial charge in [0.15, 0.2) is 0 Å². The van der Waals surface area contributed by atoms with Crippen LogP contribution in [0.5, 0.6) is 11.5 Å². The van der Waals surface area contributed by atoms with E-state index in [1.165, 1.54) is 38.5 Å². The molecule has 2 aromatic rings. The summed E-state index contributed by atoms with van der Waals surface area (Å²) in [6, 6.07) is 15.0. The first-order chi connectivity index (χ1) is 17.6. The molecule has 3 N–H and O–H groups in total. The average molecular weight is 494 g/mol. The Morgan fingerprint density at radius 1 is 0.639 bits per heavy atom. The molecular formula is C32H47NO3. The van der Waals surface area contributed by atoms with Crippen molar-refractivity contribution in [1.82, 2.24) is 5.32 Å². The topological polar surface area (TPSA) is 69.6 Å². The zero-order valence-electron chi connectivity index (χ0n) is 22.5. The molecule has 0 heterocycles. The van der Waals surface area contributed by atoms with Crippen molar-refractivity contribution in [2.24, 2.45) is 0 Å². The summed E-state index contributed by atoms with van der Waals surface area (Å²) in [5.74, 6) is 0.787.